The van der Waals surface area contributed by atoms with E-state index in [4.69, 9.17) is 15.2 Å². The summed E-state index contributed by atoms with van der Waals surface area (Å²) in [5, 5.41) is 2.72. The molecular formula is C14H18N2O4. The number of hydrogen-bond donors (Lipinski definition) is 2. The van der Waals surface area contributed by atoms with Crippen molar-refractivity contribution in [3.8, 4) is 5.75 Å². The number of carbonyl (C=O) groups is 2. The number of para-hydroxylation sites is 1. The van der Waals surface area contributed by atoms with Gasteiger partial charge in [-0.15, -0.1) is 0 Å². The van der Waals surface area contributed by atoms with E-state index in [1.165, 1.54) is 7.11 Å². The number of rotatable bonds is 3. The Bertz CT molecular complexity index is 516. The van der Waals surface area contributed by atoms with Gasteiger partial charge in [-0.25, -0.2) is 4.79 Å². The smallest absolute Gasteiger partial charge is 0.341 e. The second-order valence-corrected chi connectivity index (χ2v) is 4.60. The zero-order valence-electron chi connectivity index (χ0n) is 11.3. The highest BCUT2D eigenvalue weighted by Crippen LogP contribution is 2.26. The first-order chi connectivity index (χ1) is 9.63. The summed E-state index contributed by atoms with van der Waals surface area (Å²) in [6, 6.07) is 4.86. The first kappa shape index (κ1) is 14.2. The quantitative estimate of drug-likeness (QED) is 0.638. The van der Waals surface area contributed by atoms with E-state index >= 15 is 0 Å². The van der Waals surface area contributed by atoms with Crippen LogP contribution in [0, 0.1) is 0 Å². The zero-order valence-corrected chi connectivity index (χ0v) is 11.3. The van der Waals surface area contributed by atoms with E-state index < -0.39 is 12.1 Å². The highest BCUT2D eigenvalue weighted by Gasteiger charge is 2.26. The highest BCUT2D eigenvalue weighted by atomic mass is 16.5. The number of amides is 1. The van der Waals surface area contributed by atoms with Crippen LogP contribution in [0.15, 0.2) is 18.2 Å². The maximum absolute atomic E-state index is 12.1. The zero-order chi connectivity index (χ0) is 14.5. The van der Waals surface area contributed by atoms with Crippen molar-refractivity contribution >= 4 is 17.6 Å². The minimum absolute atomic E-state index is 0.210. The van der Waals surface area contributed by atoms with Crippen LogP contribution >= 0.6 is 0 Å². The highest BCUT2D eigenvalue weighted by molar-refractivity contribution is 5.98. The lowest BCUT2D eigenvalue weighted by Gasteiger charge is -2.15. The Morgan fingerprint density at radius 1 is 1.40 bits per heavy atom. The van der Waals surface area contributed by atoms with Crippen LogP contribution in [0.5, 0.6) is 5.75 Å². The van der Waals surface area contributed by atoms with Crippen molar-refractivity contribution in [3.63, 3.8) is 0 Å². The average molecular weight is 278 g/mol. The summed E-state index contributed by atoms with van der Waals surface area (Å²) >= 11 is 0. The van der Waals surface area contributed by atoms with E-state index in [1.54, 1.807) is 18.2 Å². The van der Waals surface area contributed by atoms with E-state index in [-0.39, 0.29) is 17.2 Å². The van der Waals surface area contributed by atoms with Crippen LogP contribution in [0.25, 0.3) is 0 Å². The van der Waals surface area contributed by atoms with Gasteiger partial charge in [-0.3, -0.25) is 4.79 Å². The Labute approximate surface area is 117 Å². The molecule has 0 bridgehead atoms. The molecule has 1 saturated heterocycles. The summed E-state index contributed by atoms with van der Waals surface area (Å²) in [6.45, 7) is 0.619. The molecule has 0 radical (unpaired) electrons. The molecule has 1 fully saturated rings. The lowest BCUT2D eigenvalue weighted by molar-refractivity contribution is -0.129. The van der Waals surface area contributed by atoms with Crippen molar-refractivity contribution in [1.82, 2.24) is 5.32 Å². The maximum Gasteiger partial charge on any atom is 0.341 e. The summed E-state index contributed by atoms with van der Waals surface area (Å²) in [4.78, 5) is 23.9. The summed E-state index contributed by atoms with van der Waals surface area (Å²) in [6.07, 6.45) is 1.50. The molecule has 0 spiro atoms. The Kier molecular flexibility index (Phi) is 4.45. The first-order valence-electron chi connectivity index (χ1n) is 6.54. The molecule has 6 heteroatoms. The molecule has 1 unspecified atom stereocenters. The third-order valence-electron chi connectivity index (χ3n) is 3.24. The van der Waals surface area contributed by atoms with Crippen molar-refractivity contribution in [2.45, 2.75) is 25.4 Å². The summed E-state index contributed by atoms with van der Waals surface area (Å²) < 4.78 is 10.3. The monoisotopic (exact) mass is 278 g/mol. The molecular weight excluding hydrogens is 260 g/mol. The van der Waals surface area contributed by atoms with Gasteiger partial charge < -0.3 is 20.5 Å². The normalized spacial score (nSPS) is 18.9. The SMILES string of the molecule is COc1cccc(C(=O)OC2CCCCNC2=O)c1N. The summed E-state index contributed by atoms with van der Waals surface area (Å²) in [5.41, 5.74) is 6.27. The molecule has 1 amide bonds. The molecule has 0 aliphatic carbocycles. The molecule has 2 rings (SSSR count). The van der Waals surface area contributed by atoms with E-state index in [2.05, 4.69) is 5.32 Å². The lowest BCUT2D eigenvalue weighted by Crippen LogP contribution is -2.36. The Morgan fingerprint density at radius 2 is 2.20 bits per heavy atom. The fourth-order valence-corrected chi connectivity index (χ4v) is 2.12. The molecule has 0 saturated carbocycles. The first-order valence-corrected chi connectivity index (χ1v) is 6.54. The van der Waals surface area contributed by atoms with Gasteiger partial charge in [0.15, 0.2) is 6.10 Å². The largest absolute Gasteiger partial charge is 0.495 e. The van der Waals surface area contributed by atoms with Crippen molar-refractivity contribution in [3.05, 3.63) is 23.8 Å². The number of methoxy groups -OCH3 is 1. The number of nitrogens with two attached hydrogens (primary N) is 1. The van der Waals surface area contributed by atoms with Gasteiger partial charge in [-0.2, -0.15) is 0 Å². The van der Waals surface area contributed by atoms with Crippen LogP contribution in [0.2, 0.25) is 0 Å². The number of anilines is 1. The topological polar surface area (TPSA) is 90.6 Å². The van der Waals surface area contributed by atoms with Gasteiger partial charge in [0, 0.05) is 6.54 Å². The van der Waals surface area contributed by atoms with Crippen LogP contribution in [0.3, 0.4) is 0 Å². The van der Waals surface area contributed by atoms with Crippen LogP contribution in [-0.2, 0) is 9.53 Å². The second-order valence-electron chi connectivity index (χ2n) is 4.60. The molecule has 1 heterocycles. The average Bonchev–Trinajstić information content (AvgIpc) is 2.64. The van der Waals surface area contributed by atoms with Crippen LogP contribution in [0.4, 0.5) is 5.69 Å². The van der Waals surface area contributed by atoms with Crippen LogP contribution in [0.1, 0.15) is 29.6 Å². The van der Waals surface area contributed by atoms with Crippen LogP contribution < -0.4 is 15.8 Å². The van der Waals surface area contributed by atoms with Gasteiger partial charge in [0.2, 0.25) is 0 Å². The Morgan fingerprint density at radius 3 is 2.95 bits per heavy atom. The molecule has 20 heavy (non-hydrogen) atoms. The fraction of sp³-hybridized carbons (Fsp3) is 0.429. The van der Waals surface area contributed by atoms with E-state index in [1.807, 2.05) is 0 Å². The number of nitrogen functional groups attached to an aromatic ring is 1. The van der Waals surface area contributed by atoms with Gasteiger partial charge >= 0.3 is 5.97 Å². The molecule has 1 aliphatic rings. The minimum Gasteiger partial charge on any atom is -0.495 e. The standard InChI is InChI=1S/C14H18N2O4/c1-19-10-7-4-5-9(12(10)15)14(18)20-11-6-2-3-8-16-13(11)17/h4-5,7,11H,2-3,6,8,15H2,1H3,(H,16,17). The molecule has 1 aromatic carbocycles. The van der Waals surface area contributed by atoms with Gasteiger partial charge in [0.25, 0.3) is 5.91 Å². The molecule has 0 aromatic heterocycles. The number of hydrogen-bond acceptors (Lipinski definition) is 5. The number of esters is 1. The molecule has 1 atom stereocenters. The Balaban J connectivity index is 2.13. The maximum atomic E-state index is 12.1. The lowest BCUT2D eigenvalue weighted by atomic mass is 10.1. The second kappa shape index (κ2) is 6.27. The predicted octanol–water partition coefficient (Wildman–Crippen LogP) is 1.10. The van der Waals surface area contributed by atoms with Crippen molar-refractivity contribution < 1.29 is 19.1 Å². The van der Waals surface area contributed by atoms with E-state index in [0.29, 0.717) is 18.7 Å². The fourth-order valence-electron chi connectivity index (χ4n) is 2.12. The molecule has 3 N–H and O–H groups in total. The van der Waals surface area contributed by atoms with Gasteiger partial charge in [0.1, 0.15) is 5.75 Å². The van der Waals surface area contributed by atoms with Gasteiger partial charge in [-0.05, 0) is 31.4 Å². The van der Waals surface area contributed by atoms with Gasteiger partial charge in [-0.1, -0.05) is 6.07 Å². The third kappa shape index (κ3) is 3.01. The number of nitrogens with one attached hydrogen (secondary N) is 1. The van der Waals surface area contributed by atoms with Crippen molar-refractivity contribution in [1.29, 1.82) is 0 Å². The molecule has 108 valence electrons. The van der Waals surface area contributed by atoms with Crippen molar-refractivity contribution in [2.24, 2.45) is 0 Å². The number of ether oxygens (including phenoxy) is 2. The minimum atomic E-state index is -0.754. The number of benzene rings is 1. The Hall–Kier alpha value is -2.24. The third-order valence-corrected chi connectivity index (χ3v) is 3.24. The summed E-state index contributed by atoms with van der Waals surface area (Å²) in [5.74, 6) is -0.453. The van der Waals surface area contributed by atoms with E-state index in [9.17, 15) is 9.59 Å². The van der Waals surface area contributed by atoms with Gasteiger partial charge in [0.05, 0.1) is 18.4 Å². The van der Waals surface area contributed by atoms with Crippen LogP contribution in [-0.4, -0.2) is 31.6 Å². The summed E-state index contributed by atoms with van der Waals surface area (Å²) in [7, 11) is 1.47. The predicted molar refractivity (Wildman–Crippen MR) is 73.5 cm³/mol. The van der Waals surface area contributed by atoms with E-state index in [0.717, 1.165) is 12.8 Å². The van der Waals surface area contributed by atoms with Crippen molar-refractivity contribution in [2.75, 3.05) is 19.4 Å². The molecule has 1 aliphatic heterocycles. The molecule has 6 nitrogen and oxygen atoms in total. The number of carbonyl (C=O) groups excluding carboxylic acids is 2. The molecule has 1 aromatic rings.